The van der Waals surface area contributed by atoms with Gasteiger partial charge in [-0.15, -0.1) is 11.3 Å². The molecular formula is C19H26BrN3OS+2. The van der Waals surface area contributed by atoms with Crippen LogP contribution in [0.1, 0.15) is 16.0 Å². The van der Waals surface area contributed by atoms with E-state index in [2.05, 4.69) is 52.4 Å². The maximum Gasteiger partial charge on any atom is 0.279 e. The van der Waals surface area contributed by atoms with Gasteiger partial charge in [-0.3, -0.25) is 4.79 Å². The SMILES string of the molecule is Cc1ccc(C)c(NC(=O)C[NH+]2CC[NH+](Cc3ccc(Br)s3)CC2)c1. The van der Waals surface area contributed by atoms with Crippen LogP contribution in [0, 0.1) is 13.8 Å². The lowest BCUT2D eigenvalue weighted by Gasteiger charge is -2.29. The van der Waals surface area contributed by atoms with Gasteiger partial charge in [0.1, 0.15) is 32.7 Å². The number of halogens is 1. The Bertz CT molecular complexity index is 738. The highest BCUT2D eigenvalue weighted by atomic mass is 79.9. The smallest absolute Gasteiger partial charge is 0.279 e. The summed E-state index contributed by atoms with van der Waals surface area (Å²) in [7, 11) is 0. The summed E-state index contributed by atoms with van der Waals surface area (Å²) in [6, 6.07) is 10.5. The van der Waals surface area contributed by atoms with Crippen molar-refractivity contribution in [2.75, 3.05) is 38.0 Å². The normalized spacial score (nSPS) is 20.4. The largest absolute Gasteiger partial charge is 0.321 e. The van der Waals surface area contributed by atoms with Crippen LogP contribution in [0.2, 0.25) is 0 Å². The Balaban J connectivity index is 1.45. The summed E-state index contributed by atoms with van der Waals surface area (Å²) >= 11 is 5.35. The molecule has 1 aliphatic rings. The van der Waals surface area contributed by atoms with Crippen molar-refractivity contribution in [3.8, 4) is 0 Å². The number of carbonyl (C=O) groups is 1. The fraction of sp³-hybridized carbons (Fsp3) is 0.421. The number of hydrogen-bond acceptors (Lipinski definition) is 2. The van der Waals surface area contributed by atoms with Gasteiger partial charge in [-0.25, -0.2) is 0 Å². The van der Waals surface area contributed by atoms with Crippen LogP contribution in [0.15, 0.2) is 34.1 Å². The molecule has 1 saturated heterocycles. The maximum absolute atomic E-state index is 12.4. The van der Waals surface area contributed by atoms with Crippen LogP contribution in [0.25, 0.3) is 0 Å². The second kappa shape index (κ2) is 8.45. The third-order valence-electron chi connectivity index (χ3n) is 4.80. The van der Waals surface area contributed by atoms with Gasteiger partial charge in [0.05, 0.1) is 8.66 Å². The molecule has 6 heteroatoms. The van der Waals surface area contributed by atoms with E-state index < -0.39 is 0 Å². The Hall–Kier alpha value is -1.21. The molecule has 3 rings (SSSR count). The molecule has 25 heavy (non-hydrogen) atoms. The molecule has 0 atom stereocenters. The second-order valence-electron chi connectivity index (χ2n) is 6.93. The molecule has 1 amide bonds. The molecule has 1 aromatic heterocycles. The minimum atomic E-state index is 0.120. The first kappa shape index (κ1) is 18.6. The summed E-state index contributed by atoms with van der Waals surface area (Å²) in [6.07, 6.45) is 0. The van der Waals surface area contributed by atoms with Gasteiger partial charge in [-0.05, 0) is 59.1 Å². The summed E-state index contributed by atoms with van der Waals surface area (Å²) < 4.78 is 1.20. The number of quaternary nitrogens is 2. The van der Waals surface area contributed by atoms with E-state index >= 15 is 0 Å². The van der Waals surface area contributed by atoms with E-state index in [0.29, 0.717) is 6.54 Å². The molecular weight excluding hydrogens is 398 g/mol. The minimum Gasteiger partial charge on any atom is -0.321 e. The fourth-order valence-corrected chi connectivity index (χ4v) is 4.85. The van der Waals surface area contributed by atoms with E-state index in [-0.39, 0.29) is 5.91 Å². The molecule has 0 radical (unpaired) electrons. The number of hydrogen-bond donors (Lipinski definition) is 3. The predicted octanol–water partition coefficient (Wildman–Crippen LogP) is 1.05. The fourth-order valence-electron chi connectivity index (χ4n) is 3.30. The van der Waals surface area contributed by atoms with Gasteiger partial charge in [0.25, 0.3) is 5.91 Å². The first-order chi connectivity index (χ1) is 12.0. The molecule has 2 heterocycles. The van der Waals surface area contributed by atoms with Crippen molar-refractivity contribution < 1.29 is 14.6 Å². The van der Waals surface area contributed by atoms with E-state index in [1.807, 2.05) is 24.3 Å². The first-order valence-electron chi connectivity index (χ1n) is 8.78. The molecule has 4 nitrogen and oxygen atoms in total. The summed E-state index contributed by atoms with van der Waals surface area (Å²) in [5.74, 6) is 0.120. The average Bonchev–Trinajstić information content (AvgIpc) is 2.98. The van der Waals surface area contributed by atoms with Crippen molar-refractivity contribution in [2.24, 2.45) is 0 Å². The highest BCUT2D eigenvalue weighted by molar-refractivity contribution is 9.11. The van der Waals surface area contributed by atoms with E-state index in [1.54, 1.807) is 4.90 Å². The Labute approximate surface area is 162 Å². The molecule has 2 aromatic rings. The van der Waals surface area contributed by atoms with Crippen LogP contribution in [0.4, 0.5) is 5.69 Å². The summed E-state index contributed by atoms with van der Waals surface area (Å²) in [5, 5.41) is 3.08. The Morgan fingerprint density at radius 2 is 1.84 bits per heavy atom. The molecule has 1 aliphatic heterocycles. The molecule has 1 aromatic carbocycles. The molecule has 134 valence electrons. The lowest BCUT2D eigenvalue weighted by molar-refractivity contribution is -1.01. The number of rotatable bonds is 5. The highest BCUT2D eigenvalue weighted by Gasteiger charge is 2.25. The molecule has 0 spiro atoms. The minimum absolute atomic E-state index is 0.120. The van der Waals surface area contributed by atoms with Crippen LogP contribution in [0.5, 0.6) is 0 Å². The predicted molar refractivity (Wildman–Crippen MR) is 107 cm³/mol. The second-order valence-corrected chi connectivity index (χ2v) is 9.47. The van der Waals surface area contributed by atoms with Crippen molar-refractivity contribution in [1.29, 1.82) is 0 Å². The number of nitrogens with one attached hydrogen (secondary N) is 3. The highest BCUT2D eigenvalue weighted by Crippen LogP contribution is 2.21. The summed E-state index contributed by atoms with van der Waals surface area (Å²) in [5.41, 5.74) is 3.23. The Kier molecular flexibility index (Phi) is 6.28. The van der Waals surface area contributed by atoms with E-state index in [0.717, 1.165) is 44.0 Å². The van der Waals surface area contributed by atoms with Gasteiger partial charge in [0, 0.05) is 5.69 Å². The van der Waals surface area contributed by atoms with Crippen LogP contribution in [-0.4, -0.2) is 38.6 Å². The van der Waals surface area contributed by atoms with Gasteiger partial charge < -0.3 is 15.1 Å². The molecule has 0 saturated carbocycles. The molecule has 3 N–H and O–H groups in total. The van der Waals surface area contributed by atoms with Gasteiger partial charge in [-0.1, -0.05) is 12.1 Å². The molecule has 0 unspecified atom stereocenters. The average molecular weight is 424 g/mol. The van der Waals surface area contributed by atoms with E-state index in [1.165, 1.54) is 19.1 Å². The van der Waals surface area contributed by atoms with Crippen molar-refractivity contribution in [3.05, 3.63) is 50.1 Å². The number of piperazine rings is 1. The maximum atomic E-state index is 12.4. The zero-order chi connectivity index (χ0) is 17.8. The molecule has 1 fully saturated rings. The van der Waals surface area contributed by atoms with E-state index in [4.69, 9.17) is 0 Å². The van der Waals surface area contributed by atoms with Crippen LogP contribution in [-0.2, 0) is 11.3 Å². The van der Waals surface area contributed by atoms with Gasteiger partial charge in [0.15, 0.2) is 6.54 Å². The van der Waals surface area contributed by atoms with Crippen molar-refractivity contribution in [2.45, 2.75) is 20.4 Å². The lowest BCUT2D eigenvalue weighted by atomic mass is 10.1. The monoisotopic (exact) mass is 423 g/mol. The number of carbonyl (C=O) groups excluding carboxylic acids is 1. The van der Waals surface area contributed by atoms with Crippen LogP contribution in [0.3, 0.4) is 0 Å². The third kappa shape index (κ3) is 5.38. The van der Waals surface area contributed by atoms with Gasteiger partial charge >= 0.3 is 0 Å². The number of benzene rings is 1. The number of anilines is 1. The first-order valence-corrected chi connectivity index (χ1v) is 10.4. The van der Waals surface area contributed by atoms with Crippen LogP contribution < -0.4 is 15.1 Å². The number of thiophene rings is 1. The third-order valence-corrected chi connectivity index (χ3v) is 6.42. The zero-order valence-corrected chi connectivity index (χ0v) is 17.2. The summed E-state index contributed by atoms with van der Waals surface area (Å²) in [4.78, 5) is 16.8. The molecule has 0 bridgehead atoms. The quantitative estimate of drug-likeness (QED) is 0.660. The van der Waals surface area contributed by atoms with Crippen molar-refractivity contribution in [3.63, 3.8) is 0 Å². The topological polar surface area (TPSA) is 38.0 Å². The van der Waals surface area contributed by atoms with E-state index in [9.17, 15) is 4.79 Å². The van der Waals surface area contributed by atoms with Crippen molar-refractivity contribution >= 4 is 38.9 Å². The zero-order valence-electron chi connectivity index (χ0n) is 14.8. The molecule has 0 aliphatic carbocycles. The number of aryl methyl sites for hydroxylation is 2. The van der Waals surface area contributed by atoms with Gasteiger partial charge in [0.2, 0.25) is 0 Å². The Morgan fingerprint density at radius 3 is 2.52 bits per heavy atom. The Morgan fingerprint density at radius 1 is 1.12 bits per heavy atom. The van der Waals surface area contributed by atoms with Gasteiger partial charge in [-0.2, -0.15) is 0 Å². The summed E-state index contributed by atoms with van der Waals surface area (Å²) in [6.45, 7) is 10.1. The lowest BCUT2D eigenvalue weighted by Crippen LogP contribution is -3.28. The standard InChI is InChI=1S/C19H24BrN3OS/c1-14-3-4-15(2)17(11-14)21-19(24)13-23-9-7-22(8-10-23)12-16-5-6-18(20)25-16/h3-6,11H,7-10,12-13H2,1-2H3,(H,21,24)/p+2. The van der Waals surface area contributed by atoms with Crippen molar-refractivity contribution in [1.82, 2.24) is 0 Å². The number of amides is 1. The van der Waals surface area contributed by atoms with Crippen LogP contribution >= 0.6 is 27.3 Å².